The number of aryl methyl sites for hydroxylation is 2. The van der Waals surface area contributed by atoms with Crippen LogP contribution in [-0.4, -0.2) is 148 Å². The Kier molecular flexibility index (Phi) is 20.5. The molecule has 17 heteroatoms. The molecule has 2 N–H and O–H groups in total. The number of hydrogen-bond donors (Lipinski definition) is 2. The molecule has 10 rings (SSSR count). The summed E-state index contributed by atoms with van der Waals surface area (Å²) in [6, 6.07) is 23.8. The maximum atomic E-state index is 14.8. The Bertz CT molecular complexity index is 3400. The van der Waals surface area contributed by atoms with Crippen molar-refractivity contribution >= 4 is 23.1 Å². The molecule has 0 radical (unpaired) electrons. The number of aromatic nitrogens is 4. The summed E-state index contributed by atoms with van der Waals surface area (Å²) < 4.78 is 37.9. The van der Waals surface area contributed by atoms with Crippen molar-refractivity contribution in [2.24, 2.45) is 5.41 Å². The summed E-state index contributed by atoms with van der Waals surface area (Å²) in [4.78, 5) is 32.3. The Hall–Kier alpha value is -6.79. The average Bonchev–Trinajstić information content (AvgIpc) is 0.932. The highest BCUT2D eigenvalue weighted by atomic mass is 16.7. The van der Waals surface area contributed by atoms with Gasteiger partial charge in [0.1, 0.15) is 6.54 Å². The number of carbonyl (C=O) groups excluding carboxylic acids is 2. The third kappa shape index (κ3) is 14.7. The van der Waals surface area contributed by atoms with Crippen LogP contribution in [0.2, 0.25) is 0 Å². The molecule has 5 aliphatic rings. The minimum absolute atomic E-state index is 0.0280. The summed E-state index contributed by atoms with van der Waals surface area (Å²) >= 11 is 0. The number of hydrogen-bond acceptors (Lipinski definition) is 14. The van der Waals surface area contributed by atoms with Gasteiger partial charge in [-0.2, -0.15) is 0 Å². The van der Waals surface area contributed by atoms with Gasteiger partial charge in [0, 0.05) is 105 Å². The summed E-state index contributed by atoms with van der Waals surface area (Å²) in [7, 11) is 1.87. The Morgan fingerprint density at radius 1 is 0.770 bits per heavy atom. The number of anilines is 1. The van der Waals surface area contributed by atoms with E-state index >= 15 is 0 Å². The minimum atomic E-state index is -0.258. The van der Waals surface area contributed by atoms with E-state index in [-0.39, 0.29) is 28.2 Å². The molecule has 1 aliphatic carbocycles. The quantitative estimate of drug-likeness (QED) is 0.0379. The largest absolute Gasteiger partial charge is 0.463 e. The van der Waals surface area contributed by atoms with Gasteiger partial charge in [-0.1, -0.05) is 77.1 Å². The first kappa shape index (κ1) is 63.2. The molecule has 1 atom stereocenters. The fourth-order valence-corrected chi connectivity index (χ4v) is 13.7. The second-order valence-corrected chi connectivity index (χ2v) is 26.2. The Labute approximate surface area is 515 Å². The highest BCUT2D eigenvalue weighted by Gasteiger charge is 2.43. The summed E-state index contributed by atoms with van der Waals surface area (Å²) in [5.74, 6) is 1.85. The molecular formula is C70H94N9O8+. The first-order valence-electron chi connectivity index (χ1n) is 32.0. The van der Waals surface area contributed by atoms with Gasteiger partial charge in [0.15, 0.2) is 11.4 Å². The van der Waals surface area contributed by atoms with Crippen LogP contribution in [0, 0.1) is 12.3 Å². The van der Waals surface area contributed by atoms with Crippen molar-refractivity contribution in [2.75, 3.05) is 111 Å². The molecule has 1 fully saturated rings. The number of carbonyl (C=O) groups is 2. The van der Waals surface area contributed by atoms with Crippen LogP contribution >= 0.6 is 0 Å². The van der Waals surface area contributed by atoms with Crippen LogP contribution < -0.4 is 30.7 Å². The van der Waals surface area contributed by atoms with Gasteiger partial charge in [-0.15, -0.1) is 20.4 Å². The van der Waals surface area contributed by atoms with E-state index in [9.17, 15) is 9.59 Å². The predicted octanol–water partition coefficient (Wildman–Crippen LogP) is 8.47. The van der Waals surface area contributed by atoms with Crippen molar-refractivity contribution in [1.82, 2.24) is 40.5 Å². The number of fused-ring (bicyclic) bond motifs is 4. The van der Waals surface area contributed by atoms with Crippen molar-refractivity contribution in [2.45, 2.75) is 144 Å². The monoisotopic (exact) mass is 1190 g/mol. The van der Waals surface area contributed by atoms with Crippen molar-refractivity contribution in [3.8, 4) is 11.4 Å². The number of nitrogens with zero attached hydrogens (tertiary/aromatic N) is 7. The van der Waals surface area contributed by atoms with Crippen LogP contribution in [0.1, 0.15) is 167 Å². The predicted molar refractivity (Wildman–Crippen MR) is 339 cm³/mol. The van der Waals surface area contributed by atoms with Crippen molar-refractivity contribution < 1.29 is 38.0 Å². The van der Waals surface area contributed by atoms with Crippen LogP contribution in [0.25, 0.3) is 17.0 Å². The standard InChI is InChI=1S/C70H93N9O8/c1-11-79-60-42-58-56(41-55(60)47(2)43-69(79,6)7)62(57-40-51-18-14-30-78-31-15-21-54(64(51)78)63(57)70(58,8)9)52-19-12-13-20-53(52)66(81)77(10)29-16-22-61(80)71-28-17-32-82-34-36-84-38-39-85-37-35-83-33-27-59(67-86-45-68(4,5)46-87-67)72-44-49-23-25-50(26-24-49)65-75-73-48(3)74-76-65/h12-13,19-20,23-26,40-42,47,72H,11,14-18,21-22,27-39,43-46H2,1-10H3/p+1. The SMILES string of the molecule is CC[N+]1=c2cc3c(cc2C(C)CC1(C)C)=C(c1ccccc1C(=O)N(C)CCCC(=O)NCCCOCCOCCOCCOCCC(NCc1ccc(-c2nnc(C)nn2)cc1)=C1OCC(C)(C)CO1)c1cc2c4c(c1C3(C)C)CCCN4CCC2. The molecule has 0 saturated carbocycles. The molecule has 0 spiro atoms. The van der Waals surface area contributed by atoms with E-state index in [1.54, 1.807) is 11.8 Å². The summed E-state index contributed by atoms with van der Waals surface area (Å²) in [5, 5.41) is 25.4. The molecule has 4 aromatic carbocycles. The lowest BCUT2D eigenvalue weighted by Crippen LogP contribution is -2.53. The Balaban J connectivity index is 0.640. The number of benzene rings is 4. The molecule has 87 heavy (non-hydrogen) atoms. The number of nitrogens with one attached hydrogen (secondary N) is 2. The van der Waals surface area contributed by atoms with Crippen LogP contribution in [-0.2, 0) is 58.0 Å². The third-order valence-corrected chi connectivity index (χ3v) is 18.0. The summed E-state index contributed by atoms with van der Waals surface area (Å²) in [6.45, 7) is 29.9. The first-order valence-corrected chi connectivity index (χ1v) is 32.0. The topological polar surface area (TPSA) is 175 Å². The minimum Gasteiger partial charge on any atom is -0.463 e. The molecule has 5 heterocycles. The first-order chi connectivity index (χ1) is 41.9. The number of rotatable bonds is 27. The van der Waals surface area contributed by atoms with E-state index in [0.29, 0.717) is 140 Å². The van der Waals surface area contributed by atoms with Gasteiger partial charge < -0.3 is 48.9 Å². The lowest BCUT2D eigenvalue weighted by Gasteiger charge is -2.44. The molecule has 466 valence electrons. The van der Waals surface area contributed by atoms with E-state index in [4.69, 9.17) is 28.4 Å². The highest BCUT2D eigenvalue weighted by Crippen LogP contribution is 2.49. The van der Waals surface area contributed by atoms with Gasteiger partial charge in [0.25, 0.3) is 11.9 Å². The zero-order valence-corrected chi connectivity index (χ0v) is 53.5. The molecule has 5 aromatic rings. The van der Waals surface area contributed by atoms with E-state index in [2.05, 4.69) is 126 Å². The molecule has 2 amide bonds. The Morgan fingerprint density at radius 2 is 1.44 bits per heavy atom. The molecular weight excluding hydrogens is 1090 g/mol. The van der Waals surface area contributed by atoms with E-state index in [1.165, 1.54) is 55.2 Å². The van der Waals surface area contributed by atoms with E-state index < -0.39 is 0 Å². The van der Waals surface area contributed by atoms with Gasteiger partial charge in [0.2, 0.25) is 17.1 Å². The van der Waals surface area contributed by atoms with Crippen LogP contribution in [0.4, 0.5) is 5.69 Å². The zero-order valence-electron chi connectivity index (χ0n) is 53.5. The molecule has 0 bridgehead atoms. The lowest BCUT2D eigenvalue weighted by atomic mass is 9.64. The maximum absolute atomic E-state index is 14.8. The van der Waals surface area contributed by atoms with Crippen LogP contribution in [0.15, 0.2) is 78.4 Å². The average molecular weight is 1190 g/mol. The van der Waals surface area contributed by atoms with Gasteiger partial charge in [-0.25, -0.2) is 4.58 Å². The van der Waals surface area contributed by atoms with Gasteiger partial charge in [0.05, 0.1) is 65.2 Å². The number of ether oxygens (including phenoxy) is 6. The zero-order chi connectivity index (χ0) is 61.3. The fraction of sp³-hybridized carbons (Fsp3) is 0.557. The van der Waals surface area contributed by atoms with Crippen molar-refractivity contribution in [3.63, 3.8) is 0 Å². The molecule has 17 nitrogen and oxygen atoms in total. The van der Waals surface area contributed by atoms with E-state index in [1.807, 2.05) is 43.4 Å². The third-order valence-electron chi connectivity index (χ3n) is 18.0. The van der Waals surface area contributed by atoms with Crippen molar-refractivity contribution in [3.05, 3.63) is 145 Å². The van der Waals surface area contributed by atoms with Gasteiger partial charge >= 0.3 is 0 Å². The molecule has 1 unspecified atom stereocenters. The maximum Gasteiger partial charge on any atom is 0.299 e. The van der Waals surface area contributed by atoms with Gasteiger partial charge in [-0.3, -0.25) is 9.59 Å². The molecule has 4 aliphatic heterocycles. The molecule has 1 aromatic heterocycles. The van der Waals surface area contributed by atoms with Gasteiger partial charge in [-0.05, 0) is 140 Å². The Morgan fingerprint density at radius 3 is 2.14 bits per heavy atom. The van der Waals surface area contributed by atoms with Crippen molar-refractivity contribution in [1.29, 1.82) is 0 Å². The summed E-state index contributed by atoms with van der Waals surface area (Å²) in [5.41, 5.74) is 15.2. The summed E-state index contributed by atoms with van der Waals surface area (Å²) in [6.07, 6.45) is 7.69. The normalized spacial score (nSPS) is 17.7. The number of amides is 2. The van der Waals surface area contributed by atoms with E-state index in [0.717, 1.165) is 74.1 Å². The second-order valence-electron chi connectivity index (χ2n) is 26.2. The fourth-order valence-electron chi connectivity index (χ4n) is 13.7. The lowest BCUT2D eigenvalue weighted by molar-refractivity contribution is -0.121. The van der Waals surface area contributed by atoms with Crippen LogP contribution in [0.5, 0.6) is 0 Å². The second kappa shape index (κ2) is 28.1. The molecule has 1 saturated heterocycles. The van der Waals surface area contributed by atoms with Crippen LogP contribution in [0.3, 0.4) is 0 Å². The highest BCUT2D eigenvalue weighted by molar-refractivity contribution is 6.02. The smallest absolute Gasteiger partial charge is 0.299 e.